The van der Waals surface area contributed by atoms with Gasteiger partial charge in [-0.15, -0.1) is 0 Å². The van der Waals surface area contributed by atoms with Crippen molar-refractivity contribution < 1.29 is 0 Å². The Morgan fingerprint density at radius 3 is 3.25 bits per heavy atom. The third kappa shape index (κ3) is 1.52. The molecule has 1 saturated heterocycles. The zero-order valence-electron chi connectivity index (χ0n) is 9.61. The number of hydrogen-bond acceptors (Lipinski definition) is 2. The molecule has 3 rings (SSSR count). The monoisotopic (exact) mass is 215 g/mol. The summed E-state index contributed by atoms with van der Waals surface area (Å²) in [5.74, 6) is 1.72. The highest BCUT2D eigenvalue weighted by atomic mass is 15.0. The highest BCUT2D eigenvalue weighted by Crippen LogP contribution is 2.27. The zero-order chi connectivity index (χ0) is 11.0. The average molecular weight is 215 g/mol. The van der Waals surface area contributed by atoms with E-state index in [2.05, 4.69) is 40.0 Å². The van der Waals surface area contributed by atoms with Crippen LogP contribution < -0.4 is 5.32 Å². The van der Waals surface area contributed by atoms with Crippen LogP contribution in [0.1, 0.15) is 30.1 Å². The Morgan fingerprint density at radius 2 is 2.44 bits per heavy atom. The van der Waals surface area contributed by atoms with Crippen molar-refractivity contribution in [3.63, 3.8) is 0 Å². The van der Waals surface area contributed by atoms with Crippen molar-refractivity contribution >= 4 is 5.52 Å². The van der Waals surface area contributed by atoms with Gasteiger partial charge in [0.1, 0.15) is 5.82 Å². The molecule has 3 heterocycles. The molecule has 1 aliphatic heterocycles. The van der Waals surface area contributed by atoms with Crippen LogP contribution in [-0.4, -0.2) is 22.5 Å². The Kier molecular flexibility index (Phi) is 2.40. The van der Waals surface area contributed by atoms with Crippen molar-refractivity contribution in [3.05, 3.63) is 35.9 Å². The first kappa shape index (κ1) is 9.85. The van der Waals surface area contributed by atoms with E-state index in [0.717, 1.165) is 18.9 Å². The molecule has 1 fully saturated rings. The number of aromatic nitrogens is 2. The van der Waals surface area contributed by atoms with Crippen molar-refractivity contribution in [2.45, 2.75) is 25.7 Å². The van der Waals surface area contributed by atoms with Crippen LogP contribution in [0.3, 0.4) is 0 Å². The number of piperidine rings is 1. The maximum Gasteiger partial charge on any atom is 0.110 e. The second-order valence-electron chi connectivity index (χ2n) is 4.57. The van der Waals surface area contributed by atoms with Gasteiger partial charge in [0.2, 0.25) is 0 Å². The van der Waals surface area contributed by atoms with Gasteiger partial charge in [-0.05, 0) is 43.9 Å². The number of hydrogen-bond donors (Lipinski definition) is 1. The maximum atomic E-state index is 4.39. The lowest BCUT2D eigenvalue weighted by Gasteiger charge is -2.23. The van der Waals surface area contributed by atoms with Crippen LogP contribution in [0.4, 0.5) is 0 Å². The van der Waals surface area contributed by atoms with Gasteiger partial charge in [0, 0.05) is 12.7 Å². The van der Waals surface area contributed by atoms with E-state index < -0.39 is 0 Å². The smallest absolute Gasteiger partial charge is 0.110 e. The third-order valence-corrected chi connectivity index (χ3v) is 3.53. The van der Waals surface area contributed by atoms with Crippen molar-refractivity contribution in [1.29, 1.82) is 0 Å². The normalized spacial score (nSPS) is 21.4. The first-order valence-corrected chi connectivity index (χ1v) is 5.99. The lowest BCUT2D eigenvalue weighted by Crippen LogP contribution is -2.28. The molecule has 1 N–H and O–H groups in total. The summed E-state index contributed by atoms with van der Waals surface area (Å²) in [6.07, 6.45) is 6.66. The molecule has 0 radical (unpaired) electrons. The highest BCUT2D eigenvalue weighted by molar-refractivity contribution is 5.55. The fraction of sp³-hybridized carbons (Fsp3) is 0.462. The Bertz CT molecular complexity index is 495. The van der Waals surface area contributed by atoms with E-state index in [9.17, 15) is 0 Å². The van der Waals surface area contributed by atoms with Crippen molar-refractivity contribution in [2.75, 3.05) is 13.1 Å². The molecule has 3 heteroatoms. The van der Waals surface area contributed by atoms with Crippen molar-refractivity contribution in [1.82, 2.24) is 14.7 Å². The van der Waals surface area contributed by atoms with Gasteiger partial charge in [-0.1, -0.05) is 6.07 Å². The van der Waals surface area contributed by atoms with Gasteiger partial charge >= 0.3 is 0 Å². The SMILES string of the molecule is Cc1ncc2c(C3CCCNC3)cccn12. The van der Waals surface area contributed by atoms with Crippen LogP contribution in [-0.2, 0) is 0 Å². The van der Waals surface area contributed by atoms with Crippen molar-refractivity contribution in [2.24, 2.45) is 0 Å². The Balaban J connectivity index is 2.08. The molecule has 2 aromatic heterocycles. The lowest BCUT2D eigenvalue weighted by molar-refractivity contribution is 0.463. The minimum Gasteiger partial charge on any atom is -0.316 e. The van der Waals surface area contributed by atoms with E-state index in [-0.39, 0.29) is 0 Å². The predicted molar refractivity (Wildman–Crippen MR) is 64.8 cm³/mol. The number of rotatable bonds is 1. The van der Waals surface area contributed by atoms with Crippen LogP contribution in [0.2, 0.25) is 0 Å². The van der Waals surface area contributed by atoms with Gasteiger partial charge in [0.15, 0.2) is 0 Å². The molecule has 2 aromatic rings. The Morgan fingerprint density at radius 1 is 1.50 bits per heavy atom. The molecule has 0 aromatic carbocycles. The Hall–Kier alpha value is -1.35. The van der Waals surface area contributed by atoms with Gasteiger partial charge in [-0.2, -0.15) is 0 Å². The van der Waals surface area contributed by atoms with E-state index in [1.165, 1.54) is 23.9 Å². The fourth-order valence-electron chi connectivity index (χ4n) is 2.64. The summed E-state index contributed by atoms with van der Waals surface area (Å²) in [5, 5.41) is 3.48. The van der Waals surface area contributed by atoms with Crippen LogP contribution in [0.25, 0.3) is 5.52 Å². The van der Waals surface area contributed by atoms with Crippen LogP contribution in [0, 0.1) is 6.92 Å². The third-order valence-electron chi connectivity index (χ3n) is 3.53. The van der Waals surface area contributed by atoms with Gasteiger partial charge in [-0.3, -0.25) is 0 Å². The summed E-state index contributed by atoms with van der Waals surface area (Å²) in [4.78, 5) is 4.39. The second kappa shape index (κ2) is 3.91. The zero-order valence-corrected chi connectivity index (χ0v) is 9.61. The number of nitrogens with zero attached hydrogens (tertiary/aromatic N) is 2. The minimum absolute atomic E-state index is 0.647. The largest absolute Gasteiger partial charge is 0.316 e. The van der Waals surface area contributed by atoms with E-state index in [0.29, 0.717) is 5.92 Å². The molecule has 0 bridgehead atoms. The Labute approximate surface area is 95.5 Å². The second-order valence-corrected chi connectivity index (χ2v) is 4.57. The van der Waals surface area contributed by atoms with Gasteiger partial charge in [-0.25, -0.2) is 4.98 Å². The molecule has 1 aliphatic rings. The quantitative estimate of drug-likeness (QED) is 0.789. The van der Waals surface area contributed by atoms with E-state index in [4.69, 9.17) is 0 Å². The molecule has 16 heavy (non-hydrogen) atoms. The number of nitrogens with one attached hydrogen (secondary N) is 1. The van der Waals surface area contributed by atoms with Gasteiger partial charge in [0.05, 0.1) is 11.7 Å². The lowest BCUT2D eigenvalue weighted by atomic mass is 9.91. The fourth-order valence-corrected chi connectivity index (χ4v) is 2.64. The molecule has 1 atom stereocenters. The standard InChI is InChI=1S/C13H17N3/c1-10-15-9-13-12(5-3-7-16(10)13)11-4-2-6-14-8-11/h3,5,7,9,11,14H,2,4,6,8H2,1H3. The number of imidazole rings is 1. The molecule has 0 saturated carbocycles. The number of pyridine rings is 1. The molecular weight excluding hydrogens is 198 g/mol. The van der Waals surface area contributed by atoms with Crippen LogP contribution >= 0.6 is 0 Å². The first-order chi connectivity index (χ1) is 7.86. The summed E-state index contributed by atoms with van der Waals surface area (Å²) in [6, 6.07) is 4.37. The van der Waals surface area contributed by atoms with Gasteiger partial charge < -0.3 is 9.72 Å². The molecule has 0 spiro atoms. The summed E-state index contributed by atoms with van der Waals surface area (Å²) in [6.45, 7) is 4.32. The van der Waals surface area contributed by atoms with Crippen LogP contribution in [0.15, 0.2) is 24.5 Å². The molecule has 1 unspecified atom stereocenters. The predicted octanol–water partition coefficient (Wildman–Crippen LogP) is 2.11. The molecule has 0 aliphatic carbocycles. The maximum absolute atomic E-state index is 4.39. The molecule has 84 valence electrons. The topological polar surface area (TPSA) is 29.3 Å². The summed E-state index contributed by atoms with van der Waals surface area (Å²) >= 11 is 0. The molecule has 0 amide bonds. The van der Waals surface area contributed by atoms with Crippen LogP contribution in [0.5, 0.6) is 0 Å². The minimum atomic E-state index is 0.647. The number of aryl methyl sites for hydroxylation is 1. The molecular formula is C13H17N3. The van der Waals surface area contributed by atoms with E-state index >= 15 is 0 Å². The summed E-state index contributed by atoms with van der Waals surface area (Å²) in [7, 11) is 0. The van der Waals surface area contributed by atoms with Crippen molar-refractivity contribution in [3.8, 4) is 0 Å². The number of fused-ring (bicyclic) bond motifs is 1. The highest BCUT2D eigenvalue weighted by Gasteiger charge is 2.17. The van der Waals surface area contributed by atoms with E-state index in [1.807, 2.05) is 6.20 Å². The summed E-state index contributed by atoms with van der Waals surface area (Å²) in [5.41, 5.74) is 2.71. The van der Waals surface area contributed by atoms with E-state index in [1.54, 1.807) is 0 Å². The average Bonchev–Trinajstić information content (AvgIpc) is 2.73. The van der Waals surface area contributed by atoms with Gasteiger partial charge in [0.25, 0.3) is 0 Å². The summed E-state index contributed by atoms with van der Waals surface area (Å²) < 4.78 is 2.18. The first-order valence-electron chi connectivity index (χ1n) is 5.99. The molecule has 3 nitrogen and oxygen atoms in total.